The summed E-state index contributed by atoms with van der Waals surface area (Å²) < 4.78 is 14.7. The Balaban J connectivity index is 0.705. The van der Waals surface area contributed by atoms with Crippen LogP contribution in [0.5, 0.6) is 0 Å². The van der Waals surface area contributed by atoms with Crippen LogP contribution in [0.25, 0.3) is 0 Å². The molecular weight excluding hydrogens is 909 g/mol. The number of benzene rings is 4. The molecule has 1 atom stereocenters. The minimum Gasteiger partial charge on any atom is -0.384 e. The number of para-hydroxylation sites is 1. The first-order valence-electron chi connectivity index (χ1n) is 22.6. The summed E-state index contributed by atoms with van der Waals surface area (Å²) in [5, 5.41) is 17.6. The van der Waals surface area contributed by atoms with Crippen LogP contribution < -0.4 is 31.9 Å². The largest absolute Gasteiger partial charge is 0.384 e. The molecule has 6 N–H and O–H groups in total. The highest BCUT2D eigenvalue weighted by Crippen LogP contribution is 2.33. The molecule has 0 aliphatic carbocycles. The number of fused-ring (bicyclic) bond motifs is 1. The van der Waals surface area contributed by atoms with Gasteiger partial charge in [-0.1, -0.05) is 54.8 Å². The van der Waals surface area contributed by atoms with Gasteiger partial charge in [-0.25, -0.2) is 14.2 Å². The molecule has 69 heavy (non-hydrogen) atoms. The molecule has 4 aromatic carbocycles. The Morgan fingerprint density at radius 1 is 0.754 bits per heavy atom. The maximum Gasteiger partial charge on any atom is 0.317 e. The lowest BCUT2D eigenvalue weighted by molar-refractivity contribution is -0.136. The van der Waals surface area contributed by atoms with Gasteiger partial charge in [0.1, 0.15) is 6.04 Å². The van der Waals surface area contributed by atoms with Crippen molar-refractivity contribution in [3.05, 3.63) is 130 Å². The minimum absolute atomic E-state index is 0.0527. The second kappa shape index (κ2) is 21.8. The second-order valence-corrected chi connectivity index (χ2v) is 17.0. The molecule has 8 amide bonds. The molecule has 3 aliphatic rings. The van der Waals surface area contributed by atoms with Crippen LogP contribution >= 0.6 is 11.6 Å². The highest BCUT2D eigenvalue weighted by Gasteiger charge is 2.45. The van der Waals surface area contributed by atoms with Crippen molar-refractivity contribution < 1.29 is 38.0 Å². The second-order valence-electron chi connectivity index (χ2n) is 16.6. The molecule has 2 fully saturated rings. The van der Waals surface area contributed by atoms with Crippen molar-refractivity contribution in [1.82, 2.24) is 35.3 Å². The number of piperazine rings is 1. The van der Waals surface area contributed by atoms with E-state index in [-0.39, 0.29) is 60.0 Å². The fraction of sp³-hybridized carbons (Fsp3) is 0.286. The summed E-state index contributed by atoms with van der Waals surface area (Å²) in [6.45, 7) is 2.72. The minimum atomic E-state index is -1.02. The molecule has 0 radical (unpaired) electrons. The molecule has 5 aromatic rings. The van der Waals surface area contributed by atoms with E-state index in [0.29, 0.717) is 72.6 Å². The highest BCUT2D eigenvalue weighted by atomic mass is 35.5. The number of aromatic nitrogens is 2. The van der Waals surface area contributed by atoms with E-state index in [9.17, 15) is 38.0 Å². The first-order chi connectivity index (χ1) is 33.4. The molecule has 1 aromatic heterocycles. The molecule has 0 spiro atoms. The van der Waals surface area contributed by atoms with Gasteiger partial charge < -0.3 is 36.4 Å². The molecule has 1 unspecified atom stereocenters. The Bertz CT molecular complexity index is 2770. The summed E-state index contributed by atoms with van der Waals surface area (Å²) in [5.74, 6) is -3.19. The van der Waals surface area contributed by atoms with E-state index < -0.39 is 35.5 Å². The lowest BCUT2D eigenvalue weighted by atomic mass is 10.0. The smallest absolute Gasteiger partial charge is 0.317 e. The number of carbonyl (C=O) groups excluding carboxylic acids is 7. The van der Waals surface area contributed by atoms with Crippen LogP contribution in [0.4, 0.5) is 43.7 Å². The molecule has 20 heteroatoms. The molecule has 0 saturated carbocycles. The standard InChI is InChI=1S/C49H49ClFN11O7/c50-35-9-3-4-10-37(35)57-44(65)31-14-18-32(19-15-31)55-43-36(51)29-54-48(59-43)56-33-16-12-30(13-17-33)28-41(64)60-24-26-61(27-25-60)49(69)53-23-6-2-1-5-22-52-38-11-7-8-34-42(38)47(68)62(46(34)67)39-20-21-40(63)58-45(39)66/h3-4,7-19,29,39,52H,1-2,5-6,20-28H2,(H,53,69)(H,57,65)(H,58,63,66)(H2,54,55,56,59). The molecule has 4 heterocycles. The van der Waals surface area contributed by atoms with Crippen molar-refractivity contribution in [2.75, 3.05) is 60.5 Å². The topological polar surface area (TPSA) is 227 Å². The predicted molar refractivity (Wildman–Crippen MR) is 256 cm³/mol. The summed E-state index contributed by atoms with van der Waals surface area (Å²) in [5.41, 5.74) is 3.75. The number of carbonyl (C=O) groups is 7. The first-order valence-corrected chi connectivity index (χ1v) is 23.0. The van der Waals surface area contributed by atoms with E-state index in [2.05, 4.69) is 41.9 Å². The third-order valence-electron chi connectivity index (χ3n) is 11.9. The van der Waals surface area contributed by atoms with E-state index in [1.54, 1.807) is 88.7 Å². The van der Waals surface area contributed by atoms with Crippen molar-refractivity contribution in [2.45, 2.75) is 51.0 Å². The van der Waals surface area contributed by atoms with Crippen LogP contribution in [0.1, 0.15) is 75.2 Å². The number of hydrogen-bond acceptors (Lipinski definition) is 12. The SMILES string of the molecule is O=C1CCC(N2C(=O)c3cccc(NCCCCCCNC(=O)N4CCN(C(=O)Cc5ccc(Nc6ncc(F)c(Nc7ccc(C(=O)Nc8ccccc8Cl)cc7)n6)cc5)CC4)c3C2=O)C(=O)N1. The average molecular weight is 958 g/mol. The van der Waals surface area contributed by atoms with Crippen LogP contribution in [0.3, 0.4) is 0 Å². The normalized spacial score (nSPS) is 15.6. The monoisotopic (exact) mass is 957 g/mol. The molecule has 8 rings (SSSR count). The highest BCUT2D eigenvalue weighted by molar-refractivity contribution is 6.34. The van der Waals surface area contributed by atoms with Gasteiger partial charge in [0.25, 0.3) is 17.7 Å². The van der Waals surface area contributed by atoms with Crippen LogP contribution in [-0.4, -0.2) is 111 Å². The summed E-state index contributed by atoms with van der Waals surface area (Å²) >= 11 is 6.15. The van der Waals surface area contributed by atoms with Crippen molar-refractivity contribution in [3.8, 4) is 0 Å². The third-order valence-corrected chi connectivity index (χ3v) is 12.3. The molecule has 2 saturated heterocycles. The number of anilines is 6. The van der Waals surface area contributed by atoms with Gasteiger partial charge in [0, 0.05) is 68.3 Å². The molecule has 0 bridgehead atoms. The predicted octanol–water partition coefficient (Wildman–Crippen LogP) is 6.48. The van der Waals surface area contributed by atoms with Gasteiger partial charge in [0.05, 0.1) is 34.5 Å². The zero-order chi connectivity index (χ0) is 48.4. The van der Waals surface area contributed by atoms with Gasteiger partial charge in [0.15, 0.2) is 11.6 Å². The fourth-order valence-electron chi connectivity index (χ4n) is 8.19. The number of piperidine rings is 1. The van der Waals surface area contributed by atoms with Crippen LogP contribution in [0, 0.1) is 5.82 Å². The number of hydrogen-bond donors (Lipinski definition) is 6. The first kappa shape index (κ1) is 47.6. The van der Waals surface area contributed by atoms with Gasteiger partial charge >= 0.3 is 6.03 Å². The van der Waals surface area contributed by atoms with Crippen molar-refractivity contribution >= 4 is 87.6 Å². The van der Waals surface area contributed by atoms with Gasteiger partial charge in [-0.05, 0) is 85.5 Å². The Morgan fingerprint density at radius 3 is 2.17 bits per heavy atom. The molecule has 3 aliphatic heterocycles. The Labute approximate surface area is 401 Å². The third kappa shape index (κ3) is 11.6. The summed E-state index contributed by atoms with van der Waals surface area (Å²) in [6, 6.07) is 24.3. The lowest BCUT2D eigenvalue weighted by Gasteiger charge is -2.34. The van der Waals surface area contributed by atoms with Crippen LogP contribution in [-0.2, 0) is 20.8 Å². The Morgan fingerprint density at radius 2 is 1.43 bits per heavy atom. The maximum atomic E-state index is 14.7. The number of imide groups is 2. The molecule has 356 valence electrons. The Hall–Kier alpha value is -7.93. The quantitative estimate of drug-likeness (QED) is 0.0435. The number of amides is 8. The zero-order valence-electron chi connectivity index (χ0n) is 37.4. The van der Waals surface area contributed by atoms with E-state index in [0.717, 1.165) is 42.3 Å². The van der Waals surface area contributed by atoms with Crippen molar-refractivity contribution in [3.63, 3.8) is 0 Å². The molecule has 18 nitrogen and oxygen atoms in total. The lowest BCUT2D eigenvalue weighted by Crippen LogP contribution is -2.54. The van der Waals surface area contributed by atoms with Crippen LogP contribution in [0.2, 0.25) is 5.02 Å². The van der Waals surface area contributed by atoms with E-state index in [1.165, 1.54) is 0 Å². The number of urea groups is 1. The van der Waals surface area contributed by atoms with E-state index in [4.69, 9.17) is 11.6 Å². The Kier molecular flexibility index (Phi) is 15.0. The maximum absolute atomic E-state index is 14.7. The van der Waals surface area contributed by atoms with Gasteiger partial charge in [-0.3, -0.25) is 39.0 Å². The average Bonchev–Trinajstić information content (AvgIpc) is 3.60. The fourth-order valence-corrected chi connectivity index (χ4v) is 8.37. The summed E-state index contributed by atoms with van der Waals surface area (Å²) in [4.78, 5) is 102. The van der Waals surface area contributed by atoms with Gasteiger partial charge in [0.2, 0.25) is 23.7 Å². The number of unbranched alkanes of at least 4 members (excludes halogenated alkanes) is 3. The van der Waals surface area contributed by atoms with E-state index in [1.807, 2.05) is 12.1 Å². The number of halogens is 2. The van der Waals surface area contributed by atoms with E-state index >= 15 is 0 Å². The summed E-state index contributed by atoms with van der Waals surface area (Å²) in [6.07, 6.45) is 4.65. The van der Waals surface area contributed by atoms with Crippen molar-refractivity contribution in [2.24, 2.45) is 0 Å². The number of rotatable bonds is 17. The number of nitrogens with zero attached hydrogens (tertiary/aromatic N) is 5. The molecular formula is C49H49ClFN11O7. The summed E-state index contributed by atoms with van der Waals surface area (Å²) in [7, 11) is 0. The van der Waals surface area contributed by atoms with Crippen molar-refractivity contribution in [1.29, 1.82) is 0 Å². The van der Waals surface area contributed by atoms with Gasteiger partial charge in [-0.15, -0.1) is 0 Å². The zero-order valence-corrected chi connectivity index (χ0v) is 38.1. The van der Waals surface area contributed by atoms with Crippen LogP contribution in [0.15, 0.2) is 97.2 Å². The van der Waals surface area contributed by atoms with Gasteiger partial charge in [-0.2, -0.15) is 4.98 Å². The number of nitrogens with one attached hydrogen (secondary N) is 6.